The molecule has 204 valence electrons. The van der Waals surface area contributed by atoms with Crippen molar-refractivity contribution in [1.29, 1.82) is 0 Å². The van der Waals surface area contributed by atoms with Crippen molar-refractivity contribution < 1.29 is 56.4 Å². The molecule has 2 aromatic carbocycles. The number of carbonyl (C=O) groups is 2. The molecule has 37 heavy (non-hydrogen) atoms. The van der Waals surface area contributed by atoms with Crippen LogP contribution < -0.4 is 0 Å². The first kappa shape index (κ1) is 29.8. The van der Waals surface area contributed by atoms with E-state index in [2.05, 4.69) is 0 Å². The van der Waals surface area contributed by atoms with Gasteiger partial charge >= 0.3 is 12.4 Å². The highest BCUT2D eigenvalue weighted by atomic mass is 19.4. The molecule has 0 fully saturated rings. The molecule has 2 rings (SSSR count). The summed E-state index contributed by atoms with van der Waals surface area (Å²) in [5, 5.41) is 42.5. The second kappa shape index (κ2) is 11.3. The normalized spacial score (nSPS) is 12.1. The molecule has 0 unspecified atom stereocenters. The third-order valence-corrected chi connectivity index (χ3v) is 5.86. The first-order chi connectivity index (χ1) is 17.1. The molecule has 2 aromatic rings. The number of halogens is 6. The topological polar surface area (TPSA) is 115 Å². The predicted molar refractivity (Wildman–Crippen MR) is 120 cm³/mol. The Balaban J connectivity index is 2.84. The lowest BCUT2D eigenvalue weighted by Gasteiger charge is -2.19. The van der Waals surface area contributed by atoms with Crippen LogP contribution in [0.3, 0.4) is 0 Å². The molecule has 0 aromatic heterocycles. The zero-order valence-corrected chi connectivity index (χ0v) is 20.0. The quantitative estimate of drug-likeness (QED) is 0.210. The molecular weight excluding hydrogens is 510 g/mol. The van der Waals surface area contributed by atoms with Crippen molar-refractivity contribution in [2.24, 2.45) is 0 Å². The first-order valence-corrected chi connectivity index (χ1v) is 11.4. The maximum atomic E-state index is 13.2. The molecule has 0 spiro atoms. The lowest BCUT2D eigenvalue weighted by molar-refractivity contribution is -0.0889. The lowest BCUT2D eigenvalue weighted by atomic mass is 9.89. The van der Waals surface area contributed by atoms with Crippen molar-refractivity contribution in [2.75, 3.05) is 0 Å². The summed E-state index contributed by atoms with van der Waals surface area (Å²) in [6.45, 7) is 3.49. The molecule has 0 heterocycles. The molecule has 0 atom stereocenters. The summed E-state index contributed by atoms with van der Waals surface area (Å²) in [6, 6.07) is 1.35. The average molecular weight is 536 g/mol. The van der Waals surface area contributed by atoms with E-state index in [9.17, 15) is 56.4 Å². The van der Waals surface area contributed by atoms with Crippen LogP contribution in [-0.4, -0.2) is 44.3 Å². The van der Waals surface area contributed by atoms with Crippen molar-refractivity contribution in [3.8, 4) is 23.0 Å². The van der Waals surface area contributed by atoms with Gasteiger partial charge in [0.1, 0.15) is 23.0 Å². The molecule has 0 amide bonds. The highest BCUT2D eigenvalue weighted by Gasteiger charge is 2.43. The fourth-order valence-corrected chi connectivity index (χ4v) is 3.84. The van der Waals surface area contributed by atoms with Gasteiger partial charge in [0.2, 0.25) is 0 Å². The van der Waals surface area contributed by atoms with Crippen LogP contribution in [0.2, 0.25) is 0 Å². The van der Waals surface area contributed by atoms with Crippen molar-refractivity contribution in [1.82, 2.24) is 0 Å². The van der Waals surface area contributed by atoms with Crippen molar-refractivity contribution in [2.45, 2.75) is 71.1 Å². The van der Waals surface area contributed by atoms with Crippen LogP contribution in [0.15, 0.2) is 12.1 Å². The molecule has 0 saturated carbocycles. The van der Waals surface area contributed by atoms with Gasteiger partial charge in [-0.2, -0.15) is 26.3 Å². The second-order valence-corrected chi connectivity index (χ2v) is 8.56. The number of aromatic hydroxyl groups is 4. The van der Waals surface area contributed by atoms with Crippen LogP contribution in [0.4, 0.5) is 26.3 Å². The molecular formula is C25H26F6O6. The minimum absolute atomic E-state index is 0.0138. The number of alkyl halides is 6. The number of hydrogen-bond acceptors (Lipinski definition) is 6. The molecule has 0 aliphatic carbocycles. The summed E-state index contributed by atoms with van der Waals surface area (Å²) in [6.07, 6.45) is -9.99. The SMILES string of the molecule is CCCCc1cc(C(=O)C(F)(F)F)c(O)c(Cc2c(O)c(CCCC)cc(C(=O)C(F)(F)F)c2O)c1O. The number of Topliss-reactive ketones (excluding diaryl/α,β-unsaturated/α-hetero) is 2. The Morgan fingerprint density at radius 3 is 1.24 bits per heavy atom. The van der Waals surface area contributed by atoms with E-state index in [1.54, 1.807) is 13.8 Å². The molecule has 12 heteroatoms. The number of phenols is 4. The monoisotopic (exact) mass is 536 g/mol. The largest absolute Gasteiger partial charge is 0.507 e. The van der Waals surface area contributed by atoms with Crippen LogP contribution in [-0.2, 0) is 19.3 Å². The van der Waals surface area contributed by atoms with E-state index in [4.69, 9.17) is 0 Å². The summed E-state index contributed by atoms with van der Waals surface area (Å²) in [5.41, 5.74) is -4.20. The molecule has 4 N–H and O–H groups in total. The number of aryl methyl sites for hydroxylation is 2. The van der Waals surface area contributed by atoms with E-state index in [1.807, 2.05) is 0 Å². The van der Waals surface area contributed by atoms with Crippen LogP contribution >= 0.6 is 0 Å². The van der Waals surface area contributed by atoms with Crippen molar-refractivity contribution >= 4 is 11.6 Å². The van der Waals surface area contributed by atoms with Gasteiger partial charge in [-0.1, -0.05) is 26.7 Å². The van der Waals surface area contributed by atoms with Crippen LogP contribution in [0.25, 0.3) is 0 Å². The maximum Gasteiger partial charge on any atom is 0.455 e. The minimum Gasteiger partial charge on any atom is -0.507 e. The molecule has 0 aliphatic rings. The van der Waals surface area contributed by atoms with E-state index in [0.717, 1.165) is 0 Å². The highest BCUT2D eigenvalue weighted by molar-refractivity contribution is 6.04. The van der Waals surface area contributed by atoms with Gasteiger partial charge in [0.25, 0.3) is 11.6 Å². The number of ketones is 2. The number of benzene rings is 2. The van der Waals surface area contributed by atoms with Gasteiger partial charge < -0.3 is 20.4 Å². The molecule has 6 nitrogen and oxygen atoms in total. The van der Waals surface area contributed by atoms with E-state index in [1.165, 1.54) is 0 Å². The van der Waals surface area contributed by atoms with Gasteiger partial charge in [-0.15, -0.1) is 0 Å². The molecule has 0 saturated heterocycles. The summed E-state index contributed by atoms with van der Waals surface area (Å²) < 4.78 is 79.0. The smallest absolute Gasteiger partial charge is 0.455 e. The fraction of sp³-hybridized carbons (Fsp3) is 0.440. The number of hydrogen-bond donors (Lipinski definition) is 4. The number of unbranched alkanes of at least 4 members (excludes halogenated alkanes) is 2. The minimum atomic E-state index is -5.40. The zero-order valence-electron chi connectivity index (χ0n) is 20.0. The maximum absolute atomic E-state index is 13.2. The number of carbonyl (C=O) groups excluding carboxylic acids is 2. The Morgan fingerprint density at radius 2 is 0.973 bits per heavy atom. The summed E-state index contributed by atoms with van der Waals surface area (Å²) in [4.78, 5) is 23.9. The summed E-state index contributed by atoms with van der Waals surface area (Å²) in [7, 11) is 0. The van der Waals surface area contributed by atoms with Crippen molar-refractivity contribution in [3.05, 3.63) is 45.5 Å². The lowest BCUT2D eigenvalue weighted by Crippen LogP contribution is -2.24. The highest BCUT2D eigenvalue weighted by Crippen LogP contribution is 2.44. The van der Waals surface area contributed by atoms with Crippen molar-refractivity contribution in [3.63, 3.8) is 0 Å². The zero-order chi connectivity index (χ0) is 28.3. The number of rotatable bonds is 10. The van der Waals surface area contributed by atoms with Crippen LogP contribution in [0.5, 0.6) is 23.0 Å². The summed E-state index contributed by atoms with van der Waals surface area (Å²) in [5.74, 6) is -9.01. The molecule has 0 aliphatic heterocycles. The van der Waals surface area contributed by atoms with Gasteiger partial charge in [-0.25, -0.2) is 0 Å². The van der Waals surface area contributed by atoms with E-state index >= 15 is 0 Å². The third-order valence-electron chi connectivity index (χ3n) is 5.86. The summed E-state index contributed by atoms with van der Waals surface area (Å²) >= 11 is 0. The Hall–Kier alpha value is -3.44. The number of phenolic OH excluding ortho intramolecular Hbond substituents is 4. The Bertz CT molecular complexity index is 1090. The average Bonchev–Trinajstić information content (AvgIpc) is 2.80. The Kier molecular flexibility index (Phi) is 9.10. The van der Waals surface area contributed by atoms with Gasteiger partial charge in [0.15, 0.2) is 0 Å². The van der Waals surface area contributed by atoms with Crippen LogP contribution in [0, 0.1) is 0 Å². The van der Waals surface area contributed by atoms with Gasteiger partial charge in [0, 0.05) is 17.5 Å². The predicted octanol–water partition coefficient (Wildman–Crippen LogP) is 6.28. The Labute approximate surface area is 208 Å². The first-order valence-electron chi connectivity index (χ1n) is 11.4. The van der Waals surface area contributed by atoms with Gasteiger partial charge in [-0.3, -0.25) is 9.59 Å². The fourth-order valence-electron chi connectivity index (χ4n) is 3.84. The van der Waals surface area contributed by atoms with Gasteiger partial charge in [-0.05, 0) is 48.9 Å². The van der Waals surface area contributed by atoms with Gasteiger partial charge in [0.05, 0.1) is 11.1 Å². The van der Waals surface area contributed by atoms with E-state index < -0.39 is 75.6 Å². The standard InChI is InChI=1S/C25H26F6O6/c1-3-5-7-12-9-16(22(36)24(26,27)28)20(34)14(18(12)32)11-15-19(33)13(8-6-4-2)10-17(21(15)35)23(37)25(29,30)31/h9-10,32-35H,3-8,11H2,1-2H3. The molecule has 0 radical (unpaired) electrons. The second-order valence-electron chi connectivity index (χ2n) is 8.56. The molecule has 0 bridgehead atoms. The third kappa shape index (κ3) is 6.47. The van der Waals surface area contributed by atoms with Crippen LogP contribution in [0.1, 0.15) is 82.5 Å². The van der Waals surface area contributed by atoms with E-state index in [-0.39, 0.29) is 24.0 Å². The Morgan fingerprint density at radius 1 is 0.649 bits per heavy atom. The van der Waals surface area contributed by atoms with E-state index in [0.29, 0.717) is 37.8 Å².